The van der Waals surface area contributed by atoms with Crippen molar-refractivity contribution >= 4 is 10.8 Å². The molecule has 0 unspecified atom stereocenters. The van der Waals surface area contributed by atoms with E-state index in [-0.39, 0.29) is 0 Å². The first-order valence-electron chi connectivity index (χ1n) is 6.75. The molecule has 4 heteroatoms. The van der Waals surface area contributed by atoms with Crippen molar-refractivity contribution in [1.29, 1.82) is 0 Å². The Labute approximate surface area is 118 Å². The highest BCUT2D eigenvalue weighted by molar-refractivity contribution is 5.84. The highest BCUT2D eigenvalue weighted by atomic mass is 15.2. The summed E-state index contributed by atoms with van der Waals surface area (Å²) in [6.07, 6.45) is 5.90. The summed E-state index contributed by atoms with van der Waals surface area (Å²) < 4.78 is 1.85. The molecular weight excluding hydrogens is 248 g/mol. The highest BCUT2D eigenvalue weighted by Crippen LogP contribution is 2.16. The monoisotopic (exact) mass is 266 g/mol. The van der Waals surface area contributed by atoms with Crippen LogP contribution in [0.3, 0.4) is 0 Å². The molecule has 2 heterocycles. The van der Waals surface area contributed by atoms with Crippen molar-refractivity contribution in [2.45, 2.75) is 20.0 Å². The Morgan fingerprint density at radius 3 is 2.70 bits per heavy atom. The third-order valence-corrected chi connectivity index (χ3v) is 3.50. The van der Waals surface area contributed by atoms with Crippen LogP contribution in [0.15, 0.2) is 42.9 Å². The molecule has 4 nitrogen and oxygen atoms in total. The minimum atomic E-state index is 0.808. The zero-order chi connectivity index (χ0) is 13.9. The molecule has 0 aliphatic carbocycles. The lowest BCUT2D eigenvalue weighted by Crippen LogP contribution is -2.13. The normalized spacial score (nSPS) is 11.1. The number of fused-ring (bicyclic) bond motifs is 1. The second-order valence-electron chi connectivity index (χ2n) is 5.04. The standard InChI is InChI=1S/C16H18N4/c1-12-15(11-20(2)19-12)10-18-9-14-8-17-7-13-5-3-4-6-16(13)14/h3-8,11,18H,9-10H2,1-2H3. The van der Waals surface area contributed by atoms with Gasteiger partial charge in [0.1, 0.15) is 0 Å². The summed E-state index contributed by atoms with van der Waals surface area (Å²) in [6.45, 7) is 3.67. The van der Waals surface area contributed by atoms with Crippen LogP contribution >= 0.6 is 0 Å². The van der Waals surface area contributed by atoms with Gasteiger partial charge in [0, 0.05) is 49.7 Å². The summed E-state index contributed by atoms with van der Waals surface area (Å²) in [5.74, 6) is 0. The second-order valence-corrected chi connectivity index (χ2v) is 5.04. The Hall–Kier alpha value is -2.20. The van der Waals surface area contributed by atoms with Gasteiger partial charge < -0.3 is 5.32 Å². The van der Waals surface area contributed by atoms with Crippen LogP contribution in [0.25, 0.3) is 10.8 Å². The van der Waals surface area contributed by atoms with Gasteiger partial charge in [0.15, 0.2) is 0 Å². The fraction of sp³-hybridized carbons (Fsp3) is 0.250. The number of hydrogen-bond donors (Lipinski definition) is 1. The number of hydrogen-bond acceptors (Lipinski definition) is 3. The van der Waals surface area contributed by atoms with Gasteiger partial charge in [-0.1, -0.05) is 24.3 Å². The number of aryl methyl sites for hydroxylation is 2. The van der Waals surface area contributed by atoms with Gasteiger partial charge in [-0.2, -0.15) is 5.10 Å². The molecule has 1 N–H and O–H groups in total. The van der Waals surface area contributed by atoms with Crippen molar-refractivity contribution in [2.75, 3.05) is 0 Å². The molecule has 1 aromatic carbocycles. The van der Waals surface area contributed by atoms with Crippen LogP contribution in [0.1, 0.15) is 16.8 Å². The molecule has 3 aromatic rings. The molecule has 0 saturated carbocycles. The van der Waals surface area contributed by atoms with Crippen LogP contribution in [-0.4, -0.2) is 14.8 Å². The topological polar surface area (TPSA) is 42.7 Å². The van der Waals surface area contributed by atoms with Crippen LogP contribution < -0.4 is 5.32 Å². The number of nitrogens with zero attached hydrogens (tertiary/aromatic N) is 3. The maximum Gasteiger partial charge on any atom is 0.0638 e. The number of nitrogens with one attached hydrogen (secondary N) is 1. The molecule has 0 aliphatic heterocycles. The lowest BCUT2D eigenvalue weighted by Gasteiger charge is -2.07. The van der Waals surface area contributed by atoms with Crippen molar-refractivity contribution in [3.63, 3.8) is 0 Å². The average molecular weight is 266 g/mol. The van der Waals surface area contributed by atoms with Crippen LogP contribution in [0, 0.1) is 6.92 Å². The van der Waals surface area contributed by atoms with Gasteiger partial charge in [0.25, 0.3) is 0 Å². The van der Waals surface area contributed by atoms with Crippen molar-refractivity contribution in [3.05, 3.63) is 59.7 Å². The maximum absolute atomic E-state index is 4.35. The first kappa shape index (κ1) is 12.8. The largest absolute Gasteiger partial charge is 0.308 e. The van der Waals surface area contributed by atoms with Gasteiger partial charge >= 0.3 is 0 Å². The van der Waals surface area contributed by atoms with E-state index in [1.54, 1.807) is 0 Å². The van der Waals surface area contributed by atoms with E-state index in [1.807, 2.05) is 37.1 Å². The molecule has 20 heavy (non-hydrogen) atoms. The van der Waals surface area contributed by atoms with E-state index in [1.165, 1.54) is 21.9 Å². The average Bonchev–Trinajstić information content (AvgIpc) is 2.77. The third kappa shape index (κ3) is 2.56. The fourth-order valence-electron chi connectivity index (χ4n) is 2.47. The molecule has 102 valence electrons. The first-order valence-corrected chi connectivity index (χ1v) is 6.75. The van der Waals surface area contributed by atoms with E-state index < -0.39 is 0 Å². The minimum absolute atomic E-state index is 0.808. The number of pyridine rings is 1. The minimum Gasteiger partial charge on any atom is -0.308 e. The van der Waals surface area contributed by atoms with E-state index in [9.17, 15) is 0 Å². The van der Waals surface area contributed by atoms with Gasteiger partial charge in [-0.15, -0.1) is 0 Å². The smallest absolute Gasteiger partial charge is 0.0638 e. The zero-order valence-electron chi connectivity index (χ0n) is 11.8. The van der Waals surface area contributed by atoms with Crippen molar-refractivity contribution in [1.82, 2.24) is 20.1 Å². The summed E-state index contributed by atoms with van der Waals surface area (Å²) in [5, 5.41) is 10.3. The van der Waals surface area contributed by atoms with Gasteiger partial charge in [0.05, 0.1) is 5.69 Å². The third-order valence-electron chi connectivity index (χ3n) is 3.50. The van der Waals surface area contributed by atoms with Gasteiger partial charge in [0.2, 0.25) is 0 Å². The molecule has 0 spiro atoms. The lowest BCUT2D eigenvalue weighted by atomic mass is 10.1. The molecule has 0 saturated heterocycles. The van der Waals surface area contributed by atoms with Gasteiger partial charge in [-0.3, -0.25) is 9.67 Å². The highest BCUT2D eigenvalue weighted by Gasteiger charge is 2.04. The Balaban J connectivity index is 1.73. The quantitative estimate of drug-likeness (QED) is 0.789. The summed E-state index contributed by atoms with van der Waals surface area (Å²) in [6, 6.07) is 8.35. The number of aromatic nitrogens is 3. The number of rotatable bonds is 4. The zero-order valence-corrected chi connectivity index (χ0v) is 11.8. The van der Waals surface area contributed by atoms with E-state index in [0.717, 1.165) is 18.8 Å². The van der Waals surface area contributed by atoms with E-state index in [0.29, 0.717) is 0 Å². The van der Waals surface area contributed by atoms with Crippen LogP contribution in [0.5, 0.6) is 0 Å². The summed E-state index contributed by atoms with van der Waals surface area (Å²) >= 11 is 0. The van der Waals surface area contributed by atoms with Crippen LogP contribution in [-0.2, 0) is 20.1 Å². The molecule has 0 atom stereocenters. The van der Waals surface area contributed by atoms with E-state index in [2.05, 4.69) is 39.8 Å². The maximum atomic E-state index is 4.35. The SMILES string of the molecule is Cc1nn(C)cc1CNCc1cncc2ccccc12. The van der Waals surface area contributed by atoms with Gasteiger partial charge in [-0.25, -0.2) is 0 Å². The molecule has 0 radical (unpaired) electrons. The van der Waals surface area contributed by atoms with Gasteiger partial charge in [-0.05, 0) is 17.9 Å². The Kier molecular flexibility index (Phi) is 3.48. The van der Waals surface area contributed by atoms with E-state index in [4.69, 9.17) is 0 Å². The molecule has 0 aliphatic rings. The van der Waals surface area contributed by atoms with Crippen molar-refractivity contribution in [2.24, 2.45) is 7.05 Å². The van der Waals surface area contributed by atoms with Crippen LogP contribution in [0.4, 0.5) is 0 Å². The van der Waals surface area contributed by atoms with Crippen molar-refractivity contribution < 1.29 is 0 Å². The molecule has 3 rings (SSSR count). The second kappa shape index (κ2) is 5.43. The molecule has 0 fully saturated rings. The summed E-state index contributed by atoms with van der Waals surface area (Å²) in [7, 11) is 1.95. The van der Waals surface area contributed by atoms with E-state index >= 15 is 0 Å². The molecule has 0 amide bonds. The lowest BCUT2D eigenvalue weighted by molar-refractivity contribution is 0.691. The fourth-order valence-corrected chi connectivity index (χ4v) is 2.47. The Bertz CT molecular complexity index is 725. The summed E-state index contributed by atoms with van der Waals surface area (Å²) in [5.41, 5.74) is 3.54. The first-order chi connectivity index (χ1) is 9.74. The molecular formula is C16H18N4. The predicted molar refractivity (Wildman–Crippen MR) is 80.2 cm³/mol. The van der Waals surface area contributed by atoms with Crippen molar-refractivity contribution in [3.8, 4) is 0 Å². The Morgan fingerprint density at radius 2 is 1.90 bits per heavy atom. The number of benzene rings is 1. The molecule has 2 aromatic heterocycles. The Morgan fingerprint density at radius 1 is 1.10 bits per heavy atom. The summed E-state index contributed by atoms with van der Waals surface area (Å²) in [4.78, 5) is 4.30. The van der Waals surface area contributed by atoms with Crippen LogP contribution in [0.2, 0.25) is 0 Å². The molecule has 0 bridgehead atoms. The predicted octanol–water partition coefficient (Wildman–Crippen LogP) is 2.57.